The maximum atomic E-state index is 12.9. The predicted molar refractivity (Wildman–Crippen MR) is 130 cm³/mol. The summed E-state index contributed by atoms with van der Waals surface area (Å²) in [5, 5.41) is 5.65. The van der Waals surface area contributed by atoms with E-state index in [1.165, 1.54) is 9.80 Å². The highest BCUT2D eigenvalue weighted by Crippen LogP contribution is 2.33. The molecule has 0 aliphatic carbocycles. The Morgan fingerprint density at radius 3 is 2.41 bits per heavy atom. The van der Waals surface area contributed by atoms with Crippen molar-refractivity contribution in [2.75, 3.05) is 47.8 Å². The summed E-state index contributed by atoms with van der Waals surface area (Å²) in [6, 6.07) is 14.0. The maximum Gasteiger partial charge on any atom is 0.326 e. The topological polar surface area (TPSA) is 102 Å². The number of nitrogens with zero attached hydrogens (tertiary/aromatic N) is 3. The molecule has 4 rings (SSSR count). The van der Waals surface area contributed by atoms with Gasteiger partial charge in [-0.15, -0.1) is 0 Å². The largest absolute Gasteiger partial charge is 0.354 e. The maximum absolute atomic E-state index is 12.9. The highest BCUT2D eigenvalue weighted by atomic mass is 16.2. The van der Waals surface area contributed by atoms with Gasteiger partial charge in [-0.25, -0.2) is 4.79 Å². The summed E-state index contributed by atoms with van der Waals surface area (Å²) in [7, 11) is 0. The molecule has 9 nitrogen and oxygen atoms in total. The predicted octanol–water partition coefficient (Wildman–Crippen LogP) is 2.51. The van der Waals surface area contributed by atoms with Crippen LogP contribution < -0.4 is 20.4 Å². The number of anilines is 3. The number of rotatable bonds is 7. The minimum atomic E-state index is -0.412. The van der Waals surface area contributed by atoms with Crippen LogP contribution in [0.25, 0.3) is 0 Å². The zero-order valence-electron chi connectivity index (χ0n) is 19.3. The molecule has 0 bridgehead atoms. The van der Waals surface area contributed by atoms with E-state index < -0.39 is 6.03 Å². The first kappa shape index (κ1) is 23.3. The van der Waals surface area contributed by atoms with E-state index in [0.717, 1.165) is 18.5 Å². The number of amides is 5. The second-order valence-corrected chi connectivity index (χ2v) is 8.54. The molecule has 34 heavy (non-hydrogen) atoms. The fourth-order valence-corrected chi connectivity index (χ4v) is 4.18. The van der Waals surface area contributed by atoms with Crippen molar-refractivity contribution >= 4 is 40.8 Å². The van der Waals surface area contributed by atoms with E-state index >= 15 is 0 Å². The van der Waals surface area contributed by atoms with Crippen LogP contribution in [-0.4, -0.2) is 61.4 Å². The van der Waals surface area contributed by atoms with Crippen LogP contribution in [0.1, 0.15) is 24.8 Å². The molecular formula is C25H29N5O4. The third kappa shape index (κ3) is 5.36. The molecular weight excluding hydrogens is 434 g/mol. The second-order valence-electron chi connectivity index (χ2n) is 8.54. The van der Waals surface area contributed by atoms with Gasteiger partial charge in [-0.2, -0.15) is 0 Å². The zero-order valence-corrected chi connectivity index (χ0v) is 19.3. The normalized spacial score (nSPS) is 15.4. The summed E-state index contributed by atoms with van der Waals surface area (Å²) >= 11 is 0. The molecule has 1 fully saturated rings. The van der Waals surface area contributed by atoms with Gasteiger partial charge in [-0.05, 0) is 44.0 Å². The summed E-state index contributed by atoms with van der Waals surface area (Å²) in [5.74, 6) is -0.457. The van der Waals surface area contributed by atoms with E-state index in [-0.39, 0.29) is 30.8 Å². The van der Waals surface area contributed by atoms with Gasteiger partial charge in [0.1, 0.15) is 13.1 Å². The Hall–Kier alpha value is -3.88. The van der Waals surface area contributed by atoms with Gasteiger partial charge in [0.2, 0.25) is 17.7 Å². The van der Waals surface area contributed by atoms with Crippen molar-refractivity contribution in [1.29, 1.82) is 0 Å². The van der Waals surface area contributed by atoms with Crippen molar-refractivity contribution in [3.8, 4) is 0 Å². The van der Waals surface area contributed by atoms with Crippen LogP contribution in [0.5, 0.6) is 0 Å². The lowest BCUT2D eigenvalue weighted by atomic mass is 10.1. The first-order valence-electron chi connectivity index (χ1n) is 11.5. The smallest absolute Gasteiger partial charge is 0.326 e. The van der Waals surface area contributed by atoms with Crippen LogP contribution in [0.15, 0.2) is 48.5 Å². The molecule has 178 valence electrons. The van der Waals surface area contributed by atoms with Gasteiger partial charge >= 0.3 is 6.03 Å². The van der Waals surface area contributed by atoms with Gasteiger partial charge in [0.25, 0.3) is 0 Å². The molecule has 0 aromatic heterocycles. The third-order valence-electron chi connectivity index (χ3n) is 6.01. The average molecular weight is 464 g/mol. The Bertz CT molecular complexity index is 1080. The molecule has 2 aliphatic rings. The number of likely N-dealkylation sites (tertiary alicyclic amines) is 1. The molecule has 0 unspecified atom stereocenters. The lowest BCUT2D eigenvalue weighted by Gasteiger charge is -2.35. The summed E-state index contributed by atoms with van der Waals surface area (Å²) in [6.45, 7) is 3.49. The van der Waals surface area contributed by atoms with Crippen molar-refractivity contribution in [3.05, 3.63) is 54.1 Å². The molecule has 1 saturated heterocycles. The van der Waals surface area contributed by atoms with Crippen LogP contribution in [-0.2, 0) is 14.4 Å². The minimum Gasteiger partial charge on any atom is -0.354 e. The van der Waals surface area contributed by atoms with Gasteiger partial charge < -0.3 is 15.5 Å². The average Bonchev–Trinajstić information content (AvgIpc) is 3.24. The van der Waals surface area contributed by atoms with Crippen LogP contribution in [0.4, 0.5) is 21.9 Å². The van der Waals surface area contributed by atoms with Crippen molar-refractivity contribution < 1.29 is 19.2 Å². The number of para-hydroxylation sites is 2. The Morgan fingerprint density at radius 1 is 0.971 bits per heavy atom. The molecule has 9 heteroatoms. The van der Waals surface area contributed by atoms with Gasteiger partial charge in [0.15, 0.2) is 0 Å². The molecule has 0 radical (unpaired) electrons. The van der Waals surface area contributed by atoms with Gasteiger partial charge in [0.05, 0.1) is 11.4 Å². The van der Waals surface area contributed by atoms with Crippen LogP contribution >= 0.6 is 0 Å². The first-order valence-corrected chi connectivity index (χ1v) is 11.5. The lowest BCUT2D eigenvalue weighted by Crippen LogP contribution is -2.52. The Labute approximate surface area is 198 Å². The van der Waals surface area contributed by atoms with Gasteiger partial charge in [-0.3, -0.25) is 24.2 Å². The third-order valence-corrected chi connectivity index (χ3v) is 6.01. The number of benzene rings is 2. The number of urea groups is 1. The number of hydrogen-bond donors (Lipinski definition) is 2. The summed E-state index contributed by atoms with van der Waals surface area (Å²) in [6.07, 6.45) is 2.15. The number of carbonyl (C=O) groups excluding carboxylic acids is 4. The lowest BCUT2D eigenvalue weighted by molar-refractivity contribution is -0.127. The highest BCUT2D eigenvalue weighted by molar-refractivity contribution is 6.15. The standard InChI is InChI=1S/C25H29N5O4/c1-18-9-11-19(12-10-18)27-25(34)30-17-24(33)29(20-6-2-3-7-21(20)30)16-22(31)26-13-5-15-28-14-4-8-23(28)32/h2-3,6-7,9-12H,4-5,8,13-17H2,1H3,(H,26,31)(H,27,34). The molecule has 0 saturated carbocycles. The van der Waals surface area contributed by atoms with Crippen molar-refractivity contribution in [3.63, 3.8) is 0 Å². The second kappa shape index (κ2) is 10.4. The van der Waals surface area contributed by atoms with E-state index in [0.29, 0.717) is 43.0 Å². The van der Waals surface area contributed by atoms with E-state index in [1.54, 1.807) is 36.4 Å². The van der Waals surface area contributed by atoms with Crippen molar-refractivity contribution in [2.45, 2.75) is 26.2 Å². The van der Waals surface area contributed by atoms with Crippen LogP contribution in [0, 0.1) is 6.92 Å². The van der Waals surface area contributed by atoms with Gasteiger partial charge in [0, 0.05) is 31.7 Å². The molecule has 2 N–H and O–H groups in total. The van der Waals surface area contributed by atoms with Crippen molar-refractivity contribution in [1.82, 2.24) is 10.2 Å². The first-order chi connectivity index (χ1) is 16.4. The van der Waals surface area contributed by atoms with E-state index in [4.69, 9.17) is 0 Å². The Kier molecular flexibility index (Phi) is 7.10. The Balaban J connectivity index is 1.37. The monoisotopic (exact) mass is 463 g/mol. The van der Waals surface area contributed by atoms with E-state index in [1.807, 2.05) is 24.0 Å². The van der Waals surface area contributed by atoms with E-state index in [2.05, 4.69) is 10.6 Å². The quantitative estimate of drug-likeness (QED) is 0.616. The molecule has 2 aromatic carbocycles. The van der Waals surface area contributed by atoms with Crippen LogP contribution in [0.3, 0.4) is 0 Å². The summed E-state index contributed by atoms with van der Waals surface area (Å²) < 4.78 is 0. The minimum absolute atomic E-state index is 0.133. The number of nitrogens with one attached hydrogen (secondary N) is 2. The molecule has 2 aliphatic heterocycles. The SMILES string of the molecule is Cc1ccc(NC(=O)N2CC(=O)N(CC(=O)NCCCN3CCCC3=O)c3ccccc32)cc1. The number of aryl methyl sites for hydroxylation is 1. The Morgan fingerprint density at radius 2 is 1.71 bits per heavy atom. The fourth-order valence-electron chi connectivity index (χ4n) is 4.18. The number of hydrogen-bond acceptors (Lipinski definition) is 4. The molecule has 0 spiro atoms. The van der Waals surface area contributed by atoms with E-state index in [9.17, 15) is 19.2 Å². The fraction of sp³-hybridized carbons (Fsp3) is 0.360. The number of fused-ring (bicyclic) bond motifs is 1. The van der Waals surface area contributed by atoms with Crippen LogP contribution in [0.2, 0.25) is 0 Å². The van der Waals surface area contributed by atoms with Gasteiger partial charge in [-0.1, -0.05) is 29.8 Å². The summed E-state index contributed by atoms with van der Waals surface area (Å²) in [4.78, 5) is 54.7. The number of carbonyl (C=O) groups is 4. The molecule has 5 amide bonds. The van der Waals surface area contributed by atoms with Crippen molar-refractivity contribution in [2.24, 2.45) is 0 Å². The molecule has 2 aromatic rings. The highest BCUT2D eigenvalue weighted by Gasteiger charge is 2.33. The molecule has 0 atom stereocenters. The molecule has 2 heterocycles. The zero-order chi connectivity index (χ0) is 24.1. The summed E-state index contributed by atoms with van der Waals surface area (Å²) in [5.41, 5.74) is 2.79.